The quantitative estimate of drug-likeness (QED) is 0.695. The summed E-state index contributed by atoms with van der Waals surface area (Å²) in [5.74, 6) is -1.33. The zero-order valence-electron chi connectivity index (χ0n) is 11.0. The SMILES string of the molecule is CCNC(=O)CCNC(=O)c1cc(N)cc(C)c1F. The summed E-state index contributed by atoms with van der Waals surface area (Å²) in [7, 11) is 0. The molecule has 0 atom stereocenters. The van der Waals surface area contributed by atoms with E-state index in [-0.39, 0.29) is 24.4 Å². The molecule has 0 aromatic heterocycles. The second kappa shape index (κ2) is 6.72. The third-order valence-electron chi connectivity index (χ3n) is 2.53. The Kier molecular flexibility index (Phi) is 5.29. The number of halogens is 1. The summed E-state index contributed by atoms with van der Waals surface area (Å²) < 4.78 is 13.7. The lowest BCUT2D eigenvalue weighted by Crippen LogP contribution is -2.31. The Morgan fingerprint density at radius 3 is 2.63 bits per heavy atom. The van der Waals surface area contributed by atoms with Gasteiger partial charge in [-0.15, -0.1) is 0 Å². The van der Waals surface area contributed by atoms with Gasteiger partial charge in [0, 0.05) is 25.2 Å². The van der Waals surface area contributed by atoms with Crippen LogP contribution in [0.4, 0.5) is 10.1 Å². The fourth-order valence-electron chi connectivity index (χ4n) is 1.63. The lowest BCUT2D eigenvalue weighted by Gasteiger charge is -2.08. The fraction of sp³-hybridized carbons (Fsp3) is 0.385. The molecule has 0 radical (unpaired) electrons. The maximum atomic E-state index is 13.7. The molecule has 0 spiro atoms. The van der Waals surface area contributed by atoms with Gasteiger partial charge in [-0.1, -0.05) is 0 Å². The minimum absolute atomic E-state index is 0.103. The molecule has 5 nitrogen and oxygen atoms in total. The molecule has 0 saturated heterocycles. The van der Waals surface area contributed by atoms with Crippen LogP contribution in [-0.4, -0.2) is 24.9 Å². The van der Waals surface area contributed by atoms with Crippen LogP contribution in [0.2, 0.25) is 0 Å². The van der Waals surface area contributed by atoms with Crippen LogP contribution in [0.25, 0.3) is 0 Å². The van der Waals surface area contributed by atoms with Gasteiger partial charge in [-0.3, -0.25) is 9.59 Å². The number of amides is 2. The second-order valence-electron chi connectivity index (χ2n) is 4.16. The maximum absolute atomic E-state index is 13.7. The van der Waals surface area contributed by atoms with Crippen molar-refractivity contribution in [2.24, 2.45) is 0 Å². The highest BCUT2D eigenvalue weighted by atomic mass is 19.1. The normalized spacial score (nSPS) is 10.1. The first-order chi connectivity index (χ1) is 8.95. The summed E-state index contributed by atoms with van der Waals surface area (Å²) in [4.78, 5) is 23.0. The minimum atomic E-state index is -0.593. The van der Waals surface area contributed by atoms with Crippen molar-refractivity contribution in [3.8, 4) is 0 Å². The number of hydrogen-bond acceptors (Lipinski definition) is 3. The number of carbonyl (C=O) groups is 2. The summed E-state index contributed by atoms with van der Waals surface area (Å²) >= 11 is 0. The smallest absolute Gasteiger partial charge is 0.254 e. The monoisotopic (exact) mass is 267 g/mol. The first kappa shape index (κ1) is 14.9. The molecule has 2 amide bonds. The molecule has 0 unspecified atom stereocenters. The van der Waals surface area contributed by atoms with Crippen LogP contribution >= 0.6 is 0 Å². The summed E-state index contributed by atoms with van der Waals surface area (Å²) in [5.41, 5.74) is 6.11. The molecule has 0 aliphatic carbocycles. The van der Waals surface area contributed by atoms with Crippen LogP contribution in [0.1, 0.15) is 29.3 Å². The number of nitrogens with two attached hydrogens (primary N) is 1. The Balaban J connectivity index is 2.62. The lowest BCUT2D eigenvalue weighted by atomic mass is 10.1. The summed E-state index contributed by atoms with van der Waals surface area (Å²) in [5, 5.41) is 5.09. The molecule has 6 heteroatoms. The van der Waals surface area contributed by atoms with E-state index in [2.05, 4.69) is 10.6 Å². The van der Waals surface area contributed by atoms with Crippen molar-refractivity contribution in [2.45, 2.75) is 20.3 Å². The van der Waals surface area contributed by atoms with Gasteiger partial charge in [0.2, 0.25) is 5.91 Å². The van der Waals surface area contributed by atoms with E-state index in [9.17, 15) is 14.0 Å². The van der Waals surface area contributed by atoms with Crippen molar-refractivity contribution in [1.82, 2.24) is 10.6 Å². The highest BCUT2D eigenvalue weighted by molar-refractivity contribution is 5.95. The third kappa shape index (κ3) is 4.24. The van der Waals surface area contributed by atoms with Crippen LogP contribution in [-0.2, 0) is 4.79 Å². The zero-order valence-corrected chi connectivity index (χ0v) is 11.0. The van der Waals surface area contributed by atoms with Gasteiger partial charge in [0.05, 0.1) is 5.56 Å². The standard InChI is InChI=1S/C13H18FN3O2/c1-3-16-11(18)4-5-17-13(19)10-7-9(15)6-8(2)12(10)14/h6-7H,3-5,15H2,1-2H3,(H,16,18)(H,17,19). The Morgan fingerprint density at radius 2 is 2.00 bits per heavy atom. The molecule has 0 saturated carbocycles. The van der Waals surface area contributed by atoms with Gasteiger partial charge in [0.15, 0.2) is 0 Å². The van der Waals surface area contributed by atoms with Gasteiger partial charge in [-0.2, -0.15) is 0 Å². The van der Waals surface area contributed by atoms with Crippen molar-refractivity contribution in [3.63, 3.8) is 0 Å². The minimum Gasteiger partial charge on any atom is -0.399 e. The van der Waals surface area contributed by atoms with Gasteiger partial charge in [0.1, 0.15) is 5.82 Å². The molecule has 0 aliphatic rings. The van der Waals surface area contributed by atoms with Crippen LogP contribution in [0.3, 0.4) is 0 Å². The highest BCUT2D eigenvalue weighted by Gasteiger charge is 2.14. The fourth-order valence-corrected chi connectivity index (χ4v) is 1.63. The molecule has 0 fully saturated rings. The largest absolute Gasteiger partial charge is 0.399 e. The molecule has 19 heavy (non-hydrogen) atoms. The number of anilines is 1. The molecular weight excluding hydrogens is 249 g/mol. The van der Waals surface area contributed by atoms with E-state index in [1.807, 2.05) is 0 Å². The van der Waals surface area contributed by atoms with Crippen molar-refractivity contribution < 1.29 is 14.0 Å². The highest BCUT2D eigenvalue weighted by Crippen LogP contribution is 2.16. The van der Waals surface area contributed by atoms with Gasteiger partial charge < -0.3 is 16.4 Å². The average molecular weight is 267 g/mol. The summed E-state index contributed by atoms with van der Waals surface area (Å²) in [6, 6.07) is 2.74. The number of aryl methyl sites for hydroxylation is 1. The summed E-state index contributed by atoms with van der Waals surface area (Å²) in [6.45, 7) is 4.03. The molecule has 4 N–H and O–H groups in total. The van der Waals surface area contributed by atoms with Gasteiger partial charge in [-0.25, -0.2) is 4.39 Å². The van der Waals surface area contributed by atoms with Crippen LogP contribution in [0.5, 0.6) is 0 Å². The van der Waals surface area contributed by atoms with Crippen molar-refractivity contribution in [1.29, 1.82) is 0 Å². The molecule has 0 bridgehead atoms. The molecule has 1 aromatic rings. The molecule has 0 aliphatic heterocycles. The van der Waals surface area contributed by atoms with E-state index in [1.54, 1.807) is 6.92 Å². The topological polar surface area (TPSA) is 84.2 Å². The second-order valence-corrected chi connectivity index (χ2v) is 4.16. The first-order valence-electron chi connectivity index (χ1n) is 6.06. The zero-order chi connectivity index (χ0) is 14.4. The number of nitrogen functional groups attached to an aromatic ring is 1. The number of carbonyl (C=O) groups excluding carboxylic acids is 2. The van der Waals surface area contributed by atoms with E-state index >= 15 is 0 Å². The first-order valence-corrected chi connectivity index (χ1v) is 6.06. The molecule has 1 aromatic carbocycles. The Hall–Kier alpha value is -2.11. The van der Waals surface area contributed by atoms with E-state index in [0.29, 0.717) is 17.8 Å². The van der Waals surface area contributed by atoms with Crippen molar-refractivity contribution in [2.75, 3.05) is 18.8 Å². The number of hydrogen-bond donors (Lipinski definition) is 3. The van der Waals surface area contributed by atoms with E-state index in [4.69, 9.17) is 5.73 Å². The Labute approximate surface area is 111 Å². The van der Waals surface area contributed by atoms with Crippen LogP contribution in [0.15, 0.2) is 12.1 Å². The Bertz CT molecular complexity index is 489. The maximum Gasteiger partial charge on any atom is 0.254 e. The predicted octanol–water partition coefficient (Wildman–Crippen LogP) is 0.972. The predicted molar refractivity (Wildman–Crippen MR) is 71.2 cm³/mol. The molecular formula is C13H18FN3O2. The van der Waals surface area contributed by atoms with Crippen molar-refractivity contribution >= 4 is 17.5 Å². The van der Waals surface area contributed by atoms with E-state index in [0.717, 1.165) is 0 Å². The van der Waals surface area contributed by atoms with Crippen LogP contribution in [0, 0.1) is 12.7 Å². The molecule has 1 rings (SSSR count). The van der Waals surface area contributed by atoms with Gasteiger partial charge in [-0.05, 0) is 31.5 Å². The molecule has 0 heterocycles. The van der Waals surface area contributed by atoms with E-state index in [1.165, 1.54) is 19.1 Å². The Morgan fingerprint density at radius 1 is 1.32 bits per heavy atom. The molecule has 104 valence electrons. The number of benzene rings is 1. The summed E-state index contributed by atoms with van der Waals surface area (Å²) in [6.07, 6.45) is 0.155. The van der Waals surface area contributed by atoms with Gasteiger partial charge in [0.25, 0.3) is 5.91 Å². The van der Waals surface area contributed by atoms with E-state index < -0.39 is 11.7 Å². The average Bonchev–Trinajstić information content (AvgIpc) is 2.33. The number of rotatable bonds is 5. The number of nitrogens with one attached hydrogen (secondary N) is 2. The van der Waals surface area contributed by atoms with Gasteiger partial charge >= 0.3 is 0 Å². The van der Waals surface area contributed by atoms with Crippen molar-refractivity contribution in [3.05, 3.63) is 29.1 Å². The third-order valence-corrected chi connectivity index (χ3v) is 2.53. The lowest BCUT2D eigenvalue weighted by molar-refractivity contribution is -0.120. The van der Waals surface area contributed by atoms with Crippen LogP contribution < -0.4 is 16.4 Å².